The average molecular weight is 178 g/mol. The van der Waals surface area contributed by atoms with Gasteiger partial charge >= 0.3 is 0 Å². The average Bonchev–Trinajstić information content (AvgIpc) is 1.94. The van der Waals surface area contributed by atoms with Gasteiger partial charge < -0.3 is 5.32 Å². The largest absolute Gasteiger partial charge is 0.316 e. The molecule has 8 heavy (non-hydrogen) atoms. The van der Waals surface area contributed by atoms with Gasteiger partial charge in [0.15, 0.2) is 0 Å². The maximum Gasteiger partial charge on any atom is 0.0270 e. The fourth-order valence-electron chi connectivity index (χ4n) is 0.977. The third-order valence-corrected chi connectivity index (χ3v) is 2.27. The van der Waals surface area contributed by atoms with Gasteiger partial charge in [0.2, 0.25) is 0 Å². The van der Waals surface area contributed by atoms with Crippen LogP contribution in [0, 0.1) is 0 Å². The minimum absolute atomic E-state index is 0.727. The summed E-state index contributed by atoms with van der Waals surface area (Å²) in [5.41, 5.74) is 0. The molecule has 1 aliphatic rings. The van der Waals surface area contributed by atoms with Crippen molar-refractivity contribution in [3.63, 3.8) is 0 Å². The lowest BCUT2D eigenvalue weighted by Crippen LogP contribution is -2.19. The van der Waals surface area contributed by atoms with Gasteiger partial charge in [-0.25, -0.2) is 0 Å². The van der Waals surface area contributed by atoms with Crippen LogP contribution >= 0.6 is 15.9 Å². The summed E-state index contributed by atoms with van der Waals surface area (Å²) in [6.45, 7) is 2.36. The maximum atomic E-state index is 3.58. The van der Waals surface area contributed by atoms with Gasteiger partial charge in [0, 0.05) is 11.4 Å². The van der Waals surface area contributed by atoms with Crippen LogP contribution in [0.5, 0.6) is 0 Å². The molecule has 0 aromatic heterocycles. The zero-order chi connectivity index (χ0) is 5.82. The van der Waals surface area contributed by atoms with E-state index in [1.54, 1.807) is 0 Å². The monoisotopic (exact) mass is 177 g/mol. The first-order chi connectivity index (χ1) is 3.89. The van der Waals surface area contributed by atoms with Gasteiger partial charge in [-0.2, -0.15) is 0 Å². The van der Waals surface area contributed by atoms with E-state index >= 15 is 0 Å². The summed E-state index contributed by atoms with van der Waals surface area (Å²) >= 11 is 3.58. The Kier molecular flexibility index (Phi) is 2.84. The molecular weight excluding hydrogens is 166 g/mol. The van der Waals surface area contributed by atoms with Crippen molar-refractivity contribution in [1.82, 2.24) is 5.32 Å². The van der Waals surface area contributed by atoms with Crippen molar-refractivity contribution in [3.05, 3.63) is 0 Å². The SMILES string of the molecule is BrC1CCCCNC1. The Morgan fingerprint density at radius 3 is 3.12 bits per heavy atom. The molecule has 1 nitrogen and oxygen atoms in total. The van der Waals surface area contributed by atoms with E-state index in [-0.39, 0.29) is 0 Å². The van der Waals surface area contributed by atoms with Crippen LogP contribution in [-0.2, 0) is 0 Å². The summed E-state index contributed by atoms with van der Waals surface area (Å²) < 4.78 is 0. The van der Waals surface area contributed by atoms with Gasteiger partial charge in [0.25, 0.3) is 0 Å². The molecule has 1 heterocycles. The summed E-state index contributed by atoms with van der Waals surface area (Å²) in [4.78, 5) is 0.727. The molecule has 1 atom stereocenters. The van der Waals surface area contributed by atoms with Crippen molar-refractivity contribution >= 4 is 15.9 Å². The molecule has 0 radical (unpaired) electrons. The molecule has 0 aliphatic carbocycles. The molecule has 2 heteroatoms. The molecule has 1 fully saturated rings. The lowest BCUT2D eigenvalue weighted by atomic mass is 10.2. The van der Waals surface area contributed by atoms with E-state index in [0.29, 0.717) is 0 Å². The topological polar surface area (TPSA) is 12.0 Å². The van der Waals surface area contributed by atoms with Crippen molar-refractivity contribution in [2.75, 3.05) is 13.1 Å². The van der Waals surface area contributed by atoms with Gasteiger partial charge in [0.1, 0.15) is 0 Å². The Labute approximate surface area is 59.0 Å². The van der Waals surface area contributed by atoms with Crippen LogP contribution in [0.25, 0.3) is 0 Å². The fourth-order valence-corrected chi connectivity index (χ4v) is 1.53. The minimum Gasteiger partial charge on any atom is -0.316 e. The number of rotatable bonds is 0. The van der Waals surface area contributed by atoms with Crippen LogP contribution in [0.15, 0.2) is 0 Å². The highest BCUT2D eigenvalue weighted by molar-refractivity contribution is 9.09. The highest BCUT2D eigenvalue weighted by Gasteiger charge is 2.05. The van der Waals surface area contributed by atoms with Gasteiger partial charge in [-0.1, -0.05) is 22.4 Å². The van der Waals surface area contributed by atoms with E-state index in [0.717, 1.165) is 11.4 Å². The second kappa shape index (κ2) is 3.46. The smallest absolute Gasteiger partial charge is 0.0270 e. The van der Waals surface area contributed by atoms with E-state index in [2.05, 4.69) is 21.2 Å². The molecule has 0 aromatic rings. The summed E-state index contributed by atoms with van der Waals surface area (Å²) in [7, 11) is 0. The molecular formula is C6H12BrN. The lowest BCUT2D eigenvalue weighted by Gasteiger charge is -2.01. The number of alkyl halides is 1. The lowest BCUT2D eigenvalue weighted by molar-refractivity contribution is 0.707. The molecule has 1 saturated heterocycles. The third-order valence-electron chi connectivity index (χ3n) is 1.49. The van der Waals surface area contributed by atoms with Crippen molar-refractivity contribution in [1.29, 1.82) is 0 Å². The van der Waals surface area contributed by atoms with Crippen LogP contribution in [0.4, 0.5) is 0 Å². The maximum absolute atomic E-state index is 3.58. The van der Waals surface area contributed by atoms with E-state index < -0.39 is 0 Å². The van der Waals surface area contributed by atoms with Gasteiger partial charge in [-0.05, 0) is 19.4 Å². The normalized spacial score (nSPS) is 31.9. The number of hydrogen-bond donors (Lipinski definition) is 1. The zero-order valence-electron chi connectivity index (χ0n) is 4.99. The van der Waals surface area contributed by atoms with E-state index in [1.807, 2.05) is 0 Å². The predicted octanol–water partition coefficient (Wildman–Crippen LogP) is 1.52. The second-order valence-electron chi connectivity index (χ2n) is 2.30. The van der Waals surface area contributed by atoms with E-state index in [1.165, 1.54) is 25.8 Å². The van der Waals surface area contributed by atoms with E-state index in [4.69, 9.17) is 0 Å². The minimum atomic E-state index is 0.727. The molecule has 0 bridgehead atoms. The fraction of sp³-hybridized carbons (Fsp3) is 1.00. The Hall–Kier alpha value is 0.440. The predicted molar refractivity (Wildman–Crippen MR) is 39.4 cm³/mol. The molecule has 1 aliphatic heterocycles. The number of halogens is 1. The summed E-state index contributed by atoms with van der Waals surface area (Å²) in [6.07, 6.45) is 4.07. The van der Waals surface area contributed by atoms with Gasteiger partial charge in [-0.15, -0.1) is 0 Å². The van der Waals surface area contributed by atoms with Gasteiger partial charge in [-0.3, -0.25) is 0 Å². The molecule has 0 amide bonds. The molecule has 0 saturated carbocycles. The summed E-state index contributed by atoms with van der Waals surface area (Å²) in [5, 5.41) is 3.35. The molecule has 0 aromatic carbocycles. The first kappa shape index (κ1) is 6.56. The zero-order valence-corrected chi connectivity index (χ0v) is 6.58. The van der Waals surface area contributed by atoms with Crippen molar-refractivity contribution in [2.24, 2.45) is 0 Å². The molecule has 0 spiro atoms. The number of nitrogens with one attached hydrogen (secondary N) is 1. The first-order valence-corrected chi connectivity index (χ1v) is 4.16. The molecule has 1 rings (SSSR count). The van der Waals surface area contributed by atoms with E-state index in [9.17, 15) is 0 Å². The quantitative estimate of drug-likeness (QED) is 0.554. The van der Waals surface area contributed by atoms with Crippen molar-refractivity contribution in [3.8, 4) is 0 Å². The molecule has 1 N–H and O–H groups in total. The third kappa shape index (κ3) is 2.14. The molecule has 1 unspecified atom stereocenters. The second-order valence-corrected chi connectivity index (χ2v) is 3.59. The molecule has 48 valence electrons. The summed E-state index contributed by atoms with van der Waals surface area (Å²) in [6, 6.07) is 0. The van der Waals surface area contributed by atoms with Crippen LogP contribution in [0.3, 0.4) is 0 Å². The highest BCUT2D eigenvalue weighted by atomic mass is 79.9. The Bertz CT molecular complexity index is 57.5. The Morgan fingerprint density at radius 2 is 2.25 bits per heavy atom. The Balaban J connectivity index is 2.17. The van der Waals surface area contributed by atoms with Crippen molar-refractivity contribution in [2.45, 2.75) is 24.1 Å². The Morgan fingerprint density at radius 1 is 1.38 bits per heavy atom. The van der Waals surface area contributed by atoms with Crippen LogP contribution < -0.4 is 5.32 Å². The highest BCUT2D eigenvalue weighted by Crippen LogP contribution is 2.10. The standard InChI is InChI=1S/C6H12BrN/c7-6-3-1-2-4-8-5-6/h6,8H,1-5H2. The first-order valence-electron chi connectivity index (χ1n) is 3.24. The van der Waals surface area contributed by atoms with Crippen LogP contribution in [0.2, 0.25) is 0 Å². The van der Waals surface area contributed by atoms with Crippen molar-refractivity contribution < 1.29 is 0 Å². The van der Waals surface area contributed by atoms with Crippen LogP contribution in [0.1, 0.15) is 19.3 Å². The van der Waals surface area contributed by atoms with Crippen LogP contribution in [-0.4, -0.2) is 17.9 Å². The van der Waals surface area contributed by atoms with Gasteiger partial charge in [0.05, 0.1) is 0 Å². The number of hydrogen-bond acceptors (Lipinski definition) is 1. The summed E-state index contributed by atoms with van der Waals surface area (Å²) in [5.74, 6) is 0.